The maximum atomic E-state index is 5.35. The molecule has 0 amide bonds. The number of nitrogens with one attached hydrogen (secondary N) is 2. The molecular weight excluding hydrogens is 150 g/mol. The van der Waals surface area contributed by atoms with Gasteiger partial charge in [0.25, 0.3) is 0 Å². The first-order chi connectivity index (χ1) is 5.77. The van der Waals surface area contributed by atoms with Crippen LogP contribution in [-0.4, -0.2) is 7.05 Å². The van der Waals surface area contributed by atoms with Crippen molar-refractivity contribution in [2.75, 3.05) is 12.5 Å². The molecule has 1 aromatic rings. The van der Waals surface area contributed by atoms with Gasteiger partial charge in [-0.05, 0) is 25.6 Å². The van der Waals surface area contributed by atoms with E-state index in [2.05, 4.69) is 23.7 Å². The zero-order chi connectivity index (χ0) is 8.97. The quantitative estimate of drug-likeness (QED) is 0.462. The lowest BCUT2D eigenvalue weighted by Crippen LogP contribution is -2.13. The normalized spacial score (nSPS) is 9.92. The van der Waals surface area contributed by atoms with Crippen molar-refractivity contribution in [1.82, 2.24) is 5.32 Å². The van der Waals surface area contributed by atoms with Gasteiger partial charge in [-0.2, -0.15) is 0 Å². The number of hydrogen-bond donors (Lipinski definition) is 3. The van der Waals surface area contributed by atoms with Crippen LogP contribution >= 0.6 is 0 Å². The fourth-order valence-corrected chi connectivity index (χ4v) is 1.20. The number of rotatable bonds is 3. The molecule has 0 aromatic heterocycles. The summed E-state index contributed by atoms with van der Waals surface area (Å²) in [6, 6.07) is 6.14. The van der Waals surface area contributed by atoms with Gasteiger partial charge in [0.05, 0.1) is 5.69 Å². The monoisotopic (exact) mass is 165 g/mol. The van der Waals surface area contributed by atoms with Crippen LogP contribution in [0.25, 0.3) is 0 Å². The predicted molar refractivity (Wildman–Crippen MR) is 51.8 cm³/mol. The van der Waals surface area contributed by atoms with Gasteiger partial charge in [-0.1, -0.05) is 17.7 Å². The van der Waals surface area contributed by atoms with E-state index in [1.54, 1.807) is 0 Å². The molecule has 0 radical (unpaired) electrons. The standard InChI is InChI=1S/C9H15N3/c1-7-3-4-9(12-10)8(5-7)6-11-2/h3-5,11-12H,6,10H2,1-2H3. The Labute approximate surface area is 72.9 Å². The highest BCUT2D eigenvalue weighted by Gasteiger charge is 1.98. The number of hydrogen-bond acceptors (Lipinski definition) is 3. The SMILES string of the molecule is CNCc1cc(C)ccc1NN. The molecule has 0 saturated carbocycles. The van der Waals surface area contributed by atoms with Crippen molar-refractivity contribution in [3.8, 4) is 0 Å². The summed E-state index contributed by atoms with van der Waals surface area (Å²) in [6.45, 7) is 2.90. The van der Waals surface area contributed by atoms with Crippen molar-refractivity contribution in [2.45, 2.75) is 13.5 Å². The van der Waals surface area contributed by atoms with Crippen LogP contribution in [0.15, 0.2) is 18.2 Å². The lowest BCUT2D eigenvalue weighted by atomic mass is 10.1. The Morgan fingerprint density at radius 1 is 1.42 bits per heavy atom. The third kappa shape index (κ3) is 1.96. The molecule has 0 bridgehead atoms. The number of hydrazine groups is 1. The smallest absolute Gasteiger partial charge is 0.0530 e. The molecule has 0 spiro atoms. The summed E-state index contributed by atoms with van der Waals surface area (Å²) in [5, 5.41) is 3.09. The van der Waals surface area contributed by atoms with Crippen LogP contribution in [0.3, 0.4) is 0 Å². The maximum Gasteiger partial charge on any atom is 0.0530 e. The minimum absolute atomic E-state index is 0.835. The van der Waals surface area contributed by atoms with E-state index in [-0.39, 0.29) is 0 Å². The van der Waals surface area contributed by atoms with Crippen LogP contribution in [0.4, 0.5) is 5.69 Å². The zero-order valence-electron chi connectivity index (χ0n) is 7.52. The summed E-state index contributed by atoms with van der Waals surface area (Å²) >= 11 is 0. The summed E-state index contributed by atoms with van der Waals surface area (Å²) in [5.74, 6) is 5.35. The van der Waals surface area contributed by atoms with E-state index in [9.17, 15) is 0 Å². The molecule has 0 saturated heterocycles. The number of aryl methyl sites for hydroxylation is 1. The number of benzene rings is 1. The molecule has 3 nitrogen and oxygen atoms in total. The van der Waals surface area contributed by atoms with Crippen molar-refractivity contribution < 1.29 is 0 Å². The lowest BCUT2D eigenvalue weighted by Gasteiger charge is -2.08. The van der Waals surface area contributed by atoms with Gasteiger partial charge >= 0.3 is 0 Å². The Bertz CT molecular complexity index is 258. The molecule has 66 valence electrons. The highest BCUT2D eigenvalue weighted by Crippen LogP contribution is 2.15. The highest BCUT2D eigenvalue weighted by molar-refractivity contribution is 5.51. The van der Waals surface area contributed by atoms with Crippen molar-refractivity contribution in [2.24, 2.45) is 5.84 Å². The van der Waals surface area contributed by atoms with E-state index in [4.69, 9.17) is 5.84 Å². The van der Waals surface area contributed by atoms with Crippen molar-refractivity contribution in [3.05, 3.63) is 29.3 Å². The lowest BCUT2D eigenvalue weighted by molar-refractivity contribution is 0.817. The molecule has 0 aliphatic carbocycles. The highest BCUT2D eigenvalue weighted by atomic mass is 15.2. The molecule has 12 heavy (non-hydrogen) atoms. The summed E-state index contributed by atoms with van der Waals surface area (Å²) in [4.78, 5) is 0. The molecule has 0 aliphatic heterocycles. The third-order valence-electron chi connectivity index (χ3n) is 1.78. The Morgan fingerprint density at radius 2 is 2.17 bits per heavy atom. The minimum Gasteiger partial charge on any atom is -0.324 e. The predicted octanol–water partition coefficient (Wildman–Crippen LogP) is 1.00. The Morgan fingerprint density at radius 3 is 2.75 bits per heavy atom. The molecule has 0 atom stereocenters. The average molecular weight is 165 g/mol. The molecule has 0 unspecified atom stereocenters. The first kappa shape index (κ1) is 9.03. The van der Waals surface area contributed by atoms with Gasteiger partial charge < -0.3 is 10.7 Å². The second-order valence-corrected chi connectivity index (χ2v) is 2.84. The molecule has 4 N–H and O–H groups in total. The van der Waals surface area contributed by atoms with Gasteiger partial charge in [0, 0.05) is 6.54 Å². The minimum atomic E-state index is 0.835. The van der Waals surface area contributed by atoms with E-state index >= 15 is 0 Å². The largest absolute Gasteiger partial charge is 0.324 e. The summed E-state index contributed by atoms with van der Waals surface area (Å²) in [6.07, 6.45) is 0. The van der Waals surface area contributed by atoms with Gasteiger partial charge in [0.15, 0.2) is 0 Å². The van der Waals surface area contributed by atoms with Gasteiger partial charge in [0.1, 0.15) is 0 Å². The molecule has 1 rings (SSSR count). The third-order valence-corrected chi connectivity index (χ3v) is 1.78. The van der Waals surface area contributed by atoms with Crippen LogP contribution in [0.2, 0.25) is 0 Å². The van der Waals surface area contributed by atoms with Crippen LogP contribution in [-0.2, 0) is 6.54 Å². The van der Waals surface area contributed by atoms with Crippen LogP contribution in [0, 0.1) is 6.92 Å². The topological polar surface area (TPSA) is 50.1 Å². The maximum absolute atomic E-state index is 5.35. The summed E-state index contributed by atoms with van der Waals surface area (Å²) in [7, 11) is 1.92. The zero-order valence-corrected chi connectivity index (χ0v) is 7.52. The second kappa shape index (κ2) is 4.09. The van der Waals surface area contributed by atoms with E-state index in [1.165, 1.54) is 11.1 Å². The van der Waals surface area contributed by atoms with Crippen molar-refractivity contribution in [3.63, 3.8) is 0 Å². The average Bonchev–Trinajstić information content (AvgIpc) is 2.05. The number of anilines is 1. The van der Waals surface area contributed by atoms with E-state index in [0.29, 0.717) is 0 Å². The van der Waals surface area contributed by atoms with Crippen molar-refractivity contribution in [1.29, 1.82) is 0 Å². The fraction of sp³-hybridized carbons (Fsp3) is 0.333. The number of nitrogens with two attached hydrogens (primary N) is 1. The summed E-state index contributed by atoms with van der Waals surface area (Å²) < 4.78 is 0. The molecule has 0 aliphatic rings. The van der Waals surface area contributed by atoms with Gasteiger partial charge in [0.2, 0.25) is 0 Å². The fourth-order valence-electron chi connectivity index (χ4n) is 1.20. The molecule has 0 heterocycles. The van der Waals surface area contributed by atoms with E-state index < -0.39 is 0 Å². The molecule has 1 aromatic carbocycles. The van der Waals surface area contributed by atoms with Crippen LogP contribution in [0.5, 0.6) is 0 Å². The Kier molecular flexibility index (Phi) is 3.08. The van der Waals surface area contributed by atoms with Crippen molar-refractivity contribution >= 4 is 5.69 Å². The summed E-state index contributed by atoms with van der Waals surface area (Å²) in [5.41, 5.74) is 6.09. The second-order valence-electron chi connectivity index (χ2n) is 2.84. The van der Waals surface area contributed by atoms with E-state index in [0.717, 1.165) is 12.2 Å². The van der Waals surface area contributed by atoms with Gasteiger partial charge in [-0.3, -0.25) is 5.84 Å². The van der Waals surface area contributed by atoms with Gasteiger partial charge in [-0.15, -0.1) is 0 Å². The molecule has 3 heteroatoms. The Balaban J connectivity index is 2.95. The van der Waals surface area contributed by atoms with E-state index in [1.807, 2.05) is 19.2 Å². The van der Waals surface area contributed by atoms with Crippen LogP contribution < -0.4 is 16.6 Å². The first-order valence-electron chi connectivity index (χ1n) is 3.98. The molecular formula is C9H15N3. The molecule has 0 fully saturated rings. The van der Waals surface area contributed by atoms with Gasteiger partial charge in [-0.25, -0.2) is 0 Å². The number of nitrogen functional groups attached to an aromatic ring is 1. The first-order valence-corrected chi connectivity index (χ1v) is 3.98. The van der Waals surface area contributed by atoms with Crippen LogP contribution in [0.1, 0.15) is 11.1 Å². The Hall–Kier alpha value is -1.06.